The lowest BCUT2D eigenvalue weighted by Crippen LogP contribution is -2.60. The van der Waals surface area contributed by atoms with E-state index in [0.29, 0.717) is 29.7 Å². The fourth-order valence-electron chi connectivity index (χ4n) is 3.21. The molecule has 136 valence electrons. The zero-order chi connectivity index (χ0) is 17.8. The Morgan fingerprint density at radius 1 is 1.44 bits per heavy atom. The summed E-state index contributed by atoms with van der Waals surface area (Å²) in [5.41, 5.74) is 0. The van der Waals surface area contributed by atoms with Gasteiger partial charge >= 0.3 is 0 Å². The van der Waals surface area contributed by atoms with Crippen LogP contribution in [0, 0.1) is 5.82 Å². The van der Waals surface area contributed by atoms with Gasteiger partial charge in [0.2, 0.25) is 5.91 Å². The van der Waals surface area contributed by atoms with E-state index in [1.165, 1.54) is 18.2 Å². The Hall–Kier alpha value is -1.67. The molecule has 2 fully saturated rings. The summed E-state index contributed by atoms with van der Waals surface area (Å²) in [4.78, 5) is 23.9. The molecule has 1 aromatic rings. The average molecular weight is 415 g/mol. The van der Waals surface area contributed by atoms with Crippen molar-refractivity contribution in [3.63, 3.8) is 0 Å². The molecule has 0 bridgehead atoms. The highest BCUT2D eigenvalue weighted by molar-refractivity contribution is 9.10. The maximum atomic E-state index is 13.1. The number of ether oxygens (including phenoxy) is 2. The summed E-state index contributed by atoms with van der Waals surface area (Å²) >= 11 is 3.20. The molecule has 2 heterocycles. The van der Waals surface area contributed by atoms with Crippen molar-refractivity contribution in [2.45, 2.75) is 43.9 Å². The summed E-state index contributed by atoms with van der Waals surface area (Å²) in [5, 5.41) is 5.85. The van der Waals surface area contributed by atoms with Crippen molar-refractivity contribution in [3.8, 4) is 5.75 Å². The standard InChI is InChI=1S/C17H20BrFN2O4/c18-11-8-10(19)3-5-13(11)25-9-16(23)20-12-4-6-15(22)21-17(12)14-2-1-7-24-14/h3,5,8,12,14,17H,1-2,4,6-7,9H2,(H,20,23)(H,21,22). The Bertz CT molecular complexity index is 652. The second-order valence-electron chi connectivity index (χ2n) is 6.22. The summed E-state index contributed by atoms with van der Waals surface area (Å²) in [6, 6.07) is 3.60. The lowest BCUT2D eigenvalue weighted by atomic mass is 9.92. The van der Waals surface area contributed by atoms with Crippen LogP contribution in [0.25, 0.3) is 0 Å². The number of carbonyl (C=O) groups excluding carboxylic acids is 2. The molecule has 25 heavy (non-hydrogen) atoms. The van der Waals surface area contributed by atoms with Gasteiger partial charge in [0.05, 0.1) is 22.7 Å². The first kappa shape index (κ1) is 18.1. The van der Waals surface area contributed by atoms with Crippen molar-refractivity contribution >= 4 is 27.7 Å². The Kier molecular flexibility index (Phi) is 5.90. The Labute approximate surface area is 153 Å². The minimum absolute atomic E-state index is 0.0162. The van der Waals surface area contributed by atoms with E-state index < -0.39 is 0 Å². The zero-order valence-electron chi connectivity index (χ0n) is 13.6. The third-order valence-corrected chi connectivity index (χ3v) is 5.03. The predicted molar refractivity (Wildman–Crippen MR) is 91.7 cm³/mol. The molecule has 8 heteroatoms. The number of benzene rings is 1. The summed E-state index contributed by atoms with van der Waals surface area (Å²) in [6.07, 6.45) is 2.71. The molecule has 3 atom stereocenters. The molecular weight excluding hydrogens is 395 g/mol. The maximum Gasteiger partial charge on any atom is 0.258 e. The second kappa shape index (κ2) is 8.14. The Morgan fingerprint density at radius 3 is 3.00 bits per heavy atom. The van der Waals surface area contributed by atoms with E-state index in [2.05, 4.69) is 26.6 Å². The molecule has 2 N–H and O–H groups in total. The quantitative estimate of drug-likeness (QED) is 0.771. The van der Waals surface area contributed by atoms with Crippen molar-refractivity contribution in [1.29, 1.82) is 0 Å². The van der Waals surface area contributed by atoms with Crippen LogP contribution in [0.5, 0.6) is 5.75 Å². The van der Waals surface area contributed by atoms with Gasteiger partial charge in [0.25, 0.3) is 5.91 Å². The van der Waals surface area contributed by atoms with Gasteiger partial charge in [-0.25, -0.2) is 4.39 Å². The van der Waals surface area contributed by atoms with Crippen LogP contribution in [0.3, 0.4) is 0 Å². The fourth-order valence-corrected chi connectivity index (χ4v) is 3.67. The van der Waals surface area contributed by atoms with Crippen molar-refractivity contribution in [3.05, 3.63) is 28.5 Å². The molecule has 0 radical (unpaired) electrons. The molecule has 2 amide bonds. The number of halogens is 2. The van der Waals surface area contributed by atoms with Gasteiger partial charge in [0, 0.05) is 13.0 Å². The normalized spacial score (nSPS) is 26.2. The summed E-state index contributed by atoms with van der Waals surface area (Å²) in [7, 11) is 0. The van der Waals surface area contributed by atoms with E-state index in [1.54, 1.807) is 0 Å². The minimum Gasteiger partial charge on any atom is -0.483 e. The number of carbonyl (C=O) groups is 2. The maximum absolute atomic E-state index is 13.1. The lowest BCUT2D eigenvalue weighted by Gasteiger charge is -2.36. The number of piperidine rings is 1. The topological polar surface area (TPSA) is 76.7 Å². The molecule has 2 aliphatic heterocycles. The van der Waals surface area contributed by atoms with Crippen LogP contribution in [0.2, 0.25) is 0 Å². The van der Waals surface area contributed by atoms with Crippen LogP contribution in [0.4, 0.5) is 4.39 Å². The first-order valence-electron chi connectivity index (χ1n) is 8.31. The van der Waals surface area contributed by atoms with E-state index in [9.17, 15) is 14.0 Å². The highest BCUT2D eigenvalue weighted by Gasteiger charge is 2.37. The number of nitrogens with one attached hydrogen (secondary N) is 2. The van der Waals surface area contributed by atoms with Crippen molar-refractivity contribution in [2.75, 3.05) is 13.2 Å². The van der Waals surface area contributed by atoms with Crippen LogP contribution in [0.1, 0.15) is 25.7 Å². The summed E-state index contributed by atoms with van der Waals surface area (Å²) in [6.45, 7) is 0.492. The van der Waals surface area contributed by atoms with Gasteiger partial charge in [-0.05, 0) is 53.4 Å². The van der Waals surface area contributed by atoms with E-state index >= 15 is 0 Å². The van der Waals surface area contributed by atoms with Crippen molar-refractivity contribution in [2.24, 2.45) is 0 Å². The summed E-state index contributed by atoms with van der Waals surface area (Å²) < 4.78 is 24.6. The fraction of sp³-hybridized carbons (Fsp3) is 0.529. The highest BCUT2D eigenvalue weighted by Crippen LogP contribution is 2.25. The van der Waals surface area contributed by atoms with Crippen LogP contribution >= 0.6 is 15.9 Å². The molecule has 0 aliphatic carbocycles. The third kappa shape index (κ3) is 4.70. The second-order valence-corrected chi connectivity index (χ2v) is 7.08. The first-order chi connectivity index (χ1) is 12.0. The van der Waals surface area contributed by atoms with Crippen LogP contribution in [-0.4, -0.2) is 43.2 Å². The minimum atomic E-state index is -0.388. The first-order valence-corrected chi connectivity index (χ1v) is 9.10. The summed E-state index contributed by atoms with van der Waals surface area (Å²) in [5.74, 6) is -0.303. The number of rotatable bonds is 5. The van der Waals surface area contributed by atoms with E-state index in [4.69, 9.17) is 9.47 Å². The number of hydrogen-bond acceptors (Lipinski definition) is 4. The van der Waals surface area contributed by atoms with E-state index in [0.717, 1.165) is 12.8 Å². The number of amides is 2. The zero-order valence-corrected chi connectivity index (χ0v) is 15.2. The molecule has 0 aromatic heterocycles. The van der Waals surface area contributed by atoms with Gasteiger partial charge in [-0.2, -0.15) is 0 Å². The molecule has 0 spiro atoms. The molecule has 2 saturated heterocycles. The largest absolute Gasteiger partial charge is 0.483 e. The Balaban J connectivity index is 1.56. The van der Waals surface area contributed by atoms with Gasteiger partial charge in [0.1, 0.15) is 11.6 Å². The predicted octanol–water partition coefficient (Wildman–Crippen LogP) is 1.91. The monoisotopic (exact) mass is 414 g/mol. The van der Waals surface area contributed by atoms with Crippen molar-refractivity contribution in [1.82, 2.24) is 10.6 Å². The van der Waals surface area contributed by atoms with E-state index in [1.807, 2.05) is 0 Å². The molecule has 2 aliphatic rings. The smallest absolute Gasteiger partial charge is 0.258 e. The van der Waals surface area contributed by atoms with E-state index in [-0.39, 0.29) is 42.4 Å². The van der Waals surface area contributed by atoms with Gasteiger partial charge in [0.15, 0.2) is 6.61 Å². The van der Waals surface area contributed by atoms with Gasteiger partial charge in [-0.1, -0.05) is 0 Å². The molecule has 0 saturated carbocycles. The lowest BCUT2D eigenvalue weighted by molar-refractivity contribution is -0.129. The molecule has 6 nitrogen and oxygen atoms in total. The van der Waals surface area contributed by atoms with Crippen molar-refractivity contribution < 1.29 is 23.5 Å². The average Bonchev–Trinajstić information content (AvgIpc) is 3.10. The molecule has 3 unspecified atom stereocenters. The van der Waals surface area contributed by atoms with Crippen LogP contribution in [-0.2, 0) is 14.3 Å². The third-order valence-electron chi connectivity index (χ3n) is 4.41. The van der Waals surface area contributed by atoms with Gasteiger partial charge < -0.3 is 20.1 Å². The van der Waals surface area contributed by atoms with Crippen LogP contribution in [0.15, 0.2) is 22.7 Å². The molecule has 1 aromatic carbocycles. The number of hydrogen-bond donors (Lipinski definition) is 2. The Morgan fingerprint density at radius 2 is 2.28 bits per heavy atom. The van der Waals surface area contributed by atoms with Gasteiger partial charge in [-0.3, -0.25) is 9.59 Å². The molecular formula is C17H20BrFN2O4. The molecule has 3 rings (SSSR count). The van der Waals surface area contributed by atoms with Gasteiger partial charge in [-0.15, -0.1) is 0 Å². The highest BCUT2D eigenvalue weighted by atomic mass is 79.9. The van der Waals surface area contributed by atoms with Crippen LogP contribution < -0.4 is 15.4 Å². The SMILES string of the molecule is O=C(COc1ccc(F)cc1Br)NC1CCC(=O)NC1C1CCCO1.